The van der Waals surface area contributed by atoms with Crippen molar-refractivity contribution in [2.24, 2.45) is 0 Å². The minimum atomic E-state index is -3.81. The molecule has 0 aromatic heterocycles. The van der Waals surface area contributed by atoms with E-state index in [9.17, 15) is 17.6 Å². The summed E-state index contributed by atoms with van der Waals surface area (Å²) >= 11 is 0. The van der Waals surface area contributed by atoms with Gasteiger partial charge in [-0.25, -0.2) is 12.8 Å². The molecule has 0 fully saturated rings. The molecule has 3 aromatic carbocycles. The number of aryl methyl sites for hydroxylation is 1. The number of para-hydroxylation sites is 1. The number of anilines is 2. The molecular formula is C24H23FN2O3S. The first kappa shape index (κ1) is 21.1. The third kappa shape index (κ3) is 4.94. The maximum atomic E-state index is 13.0. The Morgan fingerprint density at radius 3 is 2.39 bits per heavy atom. The summed E-state index contributed by atoms with van der Waals surface area (Å²) in [4.78, 5) is 14.8. The number of rotatable bonds is 5. The molecule has 1 heterocycles. The second-order valence-electron chi connectivity index (χ2n) is 7.56. The second-order valence-corrected chi connectivity index (χ2v) is 9.25. The van der Waals surface area contributed by atoms with Crippen LogP contribution < -0.4 is 9.62 Å². The number of hydrogen-bond donors (Lipinski definition) is 1. The van der Waals surface area contributed by atoms with Crippen LogP contribution in [-0.4, -0.2) is 20.9 Å². The Morgan fingerprint density at radius 2 is 1.65 bits per heavy atom. The Morgan fingerprint density at radius 1 is 0.935 bits per heavy atom. The summed E-state index contributed by atoms with van der Waals surface area (Å²) in [6, 6.07) is 19.4. The first-order valence-corrected chi connectivity index (χ1v) is 11.7. The number of carbonyl (C=O) groups excluding carboxylic acids is 1. The molecule has 0 bridgehead atoms. The number of amides is 1. The molecule has 0 spiro atoms. The summed E-state index contributed by atoms with van der Waals surface area (Å²) in [6.07, 6.45) is 3.23. The zero-order chi connectivity index (χ0) is 21.8. The van der Waals surface area contributed by atoms with E-state index < -0.39 is 15.8 Å². The van der Waals surface area contributed by atoms with Crippen molar-refractivity contribution in [1.82, 2.24) is 0 Å². The SMILES string of the molecule is O=C(Cc1ccc(NS(=O)(=O)c2ccc(F)cc2)cc1)N1CCCCc2ccccc21. The van der Waals surface area contributed by atoms with Crippen molar-refractivity contribution in [1.29, 1.82) is 0 Å². The average Bonchev–Trinajstić information content (AvgIpc) is 2.98. The lowest BCUT2D eigenvalue weighted by molar-refractivity contribution is -0.118. The van der Waals surface area contributed by atoms with E-state index in [-0.39, 0.29) is 17.2 Å². The summed E-state index contributed by atoms with van der Waals surface area (Å²) in [6.45, 7) is 0.700. The van der Waals surface area contributed by atoms with Crippen molar-refractivity contribution in [2.75, 3.05) is 16.2 Å². The first-order valence-electron chi connectivity index (χ1n) is 10.2. The third-order valence-corrected chi connectivity index (χ3v) is 6.74. The second kappa shape index (κ2) is 8.89. The molecule has 31 heavy (non-hydrogen) atoms. The van der Waals surface area contributed by atoms with Crippen LogP contribution in [0.2, 0.25) is 0 Å². The molecule has 1 aliphatic rings. The fraction of sp³-hybridized carbons (Fsp3) is 0.208. The van der Waals surface area contributed by atoms with Crippen molar-refractivity contribution in [3.8, 4) is 0 Å². The molecule has 5 nitrogen and oxygen atoms in total. The van der Waals surface area contributed by atoms with Crippen LogP contribution in [0.25, 0.3) is 0 Å². The first-order chi connectivity index (χ1) is 14.9. The van der Waals surface area contributed by atoms with Gasteiger partial charge in [0.1, 0.15) is 5.82 Å². The highest BCUT2D eigenvalue weighted by Crippen LogP contribution is 2.27. The van der Waals surface area contributed by atoms with Crippen LogP contribution in [0.4, 0.5) is 15.8 Å². The highest BCUT2D eigenvalue weighted by atomic mass is 32.2. The van der Waals surface area contributed by atoms with Crippen molar-refractivity contribution in [2.45, 2.75) is 30.6 Å². The van der Waals surface area contributed by atoms with Crippen LogP contribution in [0.5, 0.6) is 0 Å². The fourth-order valence-corrected chi connectivity index (χ4v) is 4.80. The molecule has 3 aromatic rings. The Hall–Kier alpha value is -3.19. The van der Waals surface area contributed by atoms with E-state index in [4.69, 9.17) is 0 Å². The van der Waals surface area contributed by atoms with Gasteiger partial charge in [-0.2, -0.15) is 0 Å². The minimum absolute atomic E-state index is 0.0204. The van der Waals surface area contributed by atoms with Gasteiger partial charge in [-0.15, -0.1) is 0 Å². The Bertz CT molecular complexity index is 1180. The van der Waals surface area contributed by atoms with E-state index in [1.165, 1.54) is 17.7 Å². The average molecular weight is 439 g/mol. The topological polar surface area (TPSA) is 66.5 Å². The molecule has 7 heteroatoms. The monoisotopic (exact) mass is 438 g/mol. The van der Waals surface area contributed by atoms with Crippen LogP contribution in [0, 0.1) is 5.82 Å². The molecule has 1 aliphatic heterocycles. The molecule has 0 radical (unpaired) electrons. The van der Waals surface area contributed by atoms with Gasteiger partial charge in [0.15, 0.2) is 0 Å². The van der Waals surface area contributed by atoms with Gasteiger partial charge in [-0.1, -0.05) is 30.3 Å². The zero-order valence-electron chi connectivity index (χ0n) is 16.9. The van der Waals surface area contributed by atoms with E-state index in [1.54, 1.807) is 24.3 Å². The Labute approximate surface area is 181 Å². The van der Waals surface area contributed by atoms with E-state index >= 15 is 0 Å². The molecule has 4 rings (SSSR count). The number of benzene rings is 3. The van der Waals surface area contributed by atoms with Gasteiger partial charge in [0.2, 0.25) is 5.91 Å². The number of halogens is 1. The molecule has 160 valence electrons. The normalized spacial score (nSPS) is 13.9. The smallest absolute Gasteiger partial charge is 0.261 e. The zero-order valence-corrected chi connectivity index (χ0v) is 17.7. The maximum absolute atomic E-state index is 13.0. The summed E-state index contributed by atoms with van der Waals surface area (Å²) in [5, 5.41) is 0. The maximum Gasteiger partial charge on any atom is 0.261 e. The van der Waals surface area contributed by atoms with Crippen LogP contribution in [0.1, 0.15) is 24.0 Å². The van der Waals surface area contributed by atoms with Crippen LogP contribution >= 0.6 is 0 Å². The molecule has 1 amide bonds. The predicted molar refractivity (Wildman–Crippen MR) is 119 cm³/mol. The lowest BCUT2D eigenvalue weighted by atomic mass is 10.1. The lowest BCUT2D eigenvalue weighted by Gasteiger charge is -2.23. The Kier molecular flexibility index (Phi) is 6.04. The van der Waals surface area contributed by atoms with Crippen molar-refractivity contribution in [3.05, 3.63) is 89.7 Å². The standard InChI is InChI=1S/C24H23FN2O3S/c25-20-10-14-22(15-11-20)31(29,30)26-21-12-8-18(9-13-21)17-24(28)27-16-4-3-6-19-5-1-2-7-23(19)27/h1-2,5,7-15,26H,3-4,6,16-17H2. The predicted octanol–water partition coefficient (Wildman–Crippen LogP) is 4.54. The molecule has 0 saturated heterocycles. The number of carbonyl (C=O) groups is 1. The molecule has 1 N–H and O–H groups in total. The van der Waals surface area contributed by atoms with Crippen molar-refractivity contribution in [3.63, 3.8) is 0 Å². The fourth-order valence-electron chi connectivity index (χ4n) is 3.74. The van der Waals surface area contributed by atoms with E-state index in [0.717, 1.165) is 42.6 Å². The van der Waals surface area contributed by atoms with Crippen molar-refractivity contribution >= 4 is 27.3 Å². The van der Waals surface area contributed by atoms with Gasteiger partial charge >= 0.3 is 0 Å². The summed E-state index contributed by atoms with van der Waals surface area (Å²) in [7, 11) is -3.81. The van der Waals surface area contributed by atoms with Crippen LogP contribution in [0.3, 0.4) is 0 Å². The largest absolute Gasteiger partial charge is 0.312 e. The quantitative estimate of drug-likeness (QED) is 0.636. The number of nitrogens with one attached hydrogen (secondary N) is 1. The summed E-state index contributed by atoms with van der Waals surface area (Å²) in [5.74, 6) is -0.478. The molecule has 0 aliphatic carbocycles. The molecule has 0 atom stereocenters. The van der Waals surface area contributed by atoms with Crippen molar-refractivity contribution < 1.29 is 17.6 Å². The van der Waals surface area contributed by atoms with E-state index in [0.29, 0.717) is 12.2 Å². The number of fused-ring (bicyclic) bond motifs is 1. The molecule has 0 saturated carbocycles. The van der Waals surface area contributed by atoms with E-state index in [2.05, 4.69) is 10.8 Å². The number of nitrogens with zero attached hydrogens (tertiary/aromatic N) is 1. The summed E-state index contributed by atoms with van der Waals surface area (Å²) < 4.78 is 40.4. The highest BCUT2D eigenvalue weighted by Gasteiger charge is 2.21. The molecule has 0 unspecified atom stereocenters. The van der Waals surface area contributed by atoms with Gasteiger partial charge in [0.25, 0.3) is 10.0 Å². The Balaban J connectivity index is 1.45. The van der Waals surface area contributed by atoms with Crippen LogP contribution in [-0.2, 0) is 27.7 Å². The van der Waals surface area contributed by atoms with Gasteiger partial charge < -0.3 is 4.90 Å². The number of hydrogen-bond acceptors (Lipinski definition) is 3. The molecular weight excluding hydrogens is 415 g/mol. The van der Waals surface area contributed by atoms with Gasteiger partial charge in [-0.05, 0) is 72.9 Å². The van der Waals surface area contributed by atoms with Gasteiger partial charge in [-0.3, -0.25) is 9.52 Å². The minimum Gasteiger partial charge on any atom is -0.312 e. The lowest BCUT2D eigenvalue weighted by Crippen LogP contribution is -2.33. The third-order valence-electron chi connectivity index (χ3n) is 5.35. The number of sulfonamides is 1. The van der Waals surface area contributed by atoms with Gasteiger partial charge in [0, 0.05) is 17.9 Å². The van der Waals surface area contributed by atoms with Gasteiger partial charge in [0.05, 0.1) is 11.3 Å². The summed E-state index contributed by atoms with van der Waals surface area (Å²) in [5.41, 5.74) is 3.35. The van der Waals surface area contributed by atoms with Crippen LogP contribution in [0.15, 0.2) is 77.7 Å². The highest BCUT2D eigenvalue weighted by molar-refractivity contribution is 7.92. The van der Waals surface area contributed by atoms with E-state index in [1.807, 2.05) is 23.1 Å².